The highest BCUT2D eigenvalue weighted by atomic mass is 32.2. The molecule has 0 unspecified atom stereocenters. The van der Waals surface area contributed by atoms with Crippen molar-refractivity contribution in [2.75, 3.05) is 6.54 Å². The minimum atomic E-state index is -0.442. The molecule has 2 N–H and O–H groups in total. The molecule has 0 bridgehead atoms. The van der Waals surface area contributed by atoms with E-state index in [4.69, 9.17) is 12.2 Å². The van der Waals surface area contributed by atoms with E-state index < -0.39 is 4.92 Å². The van der Waals surface area contributed by atoms with Crippen molar-refractivity contribution in [3.8, 4) is 0 Å². The fourth-order valence-corrected chi connectivity index (χ4v) is 2.72. The lowest BCUT2D eigenvalue weighted by molar-refractivity contribution is -0.387. The van der Waals surface area contributed by atoms with Gasteiger partial charge in [0.2, 0.25) is 0 Å². The minimum Gasteiger partial charge on any atom is -0.358 e. The summed E-state index contributed by atoms with van der Waals surface area (Å²) in [5.41, 5.74) is 4.11. The maximum Gasteiger partial charge on any atom is 0.283 e. The predicted molar refractivity (Wildman–Crippen MR) is 104 cm³/mol. The lowest BCUT2D eigenvalue weighted by Gasteiger charge is -2.06. The molecule has 0 radical (unpaired) electrons. The number of hydrogen-bond acceptors (Lipinski definition) is 7. The quantitative estimate of drug-likeness (QED) is 0.243. The smallest absolute Gasteiger partial charge is 0.283 e. The van der Waals surface area contributed by atoms with E-state index in [1.807, 2.05) is 6.92 Å². The van der Waals surface area contributed by atoms with E-state index >= 15 is 0 Å². The summed E-state index contributed by atoms with van der Waals surface area (Å²) < 4.78 is 1.69. The topological polar surface area (TPSA) is 110 Å². The van der Waals surface area contributed by atoms with Gasteiger partial charge in [-0.05, 0) is 37.0 Å². The second-order valence-electron chi connectivity index (χ2n) is 5.32. The Bertz CT molecular complexity index is 863. The zero-order valence-corrected chi connectivity index (χ0v) is 15.8. The van der Waals surface area contributed by atoms with Crippen molar-refractivity contribution in [3.63, 3.8) is 0 Å². The molecule has 0 aliphatic rings. The van der Waals surface area contributed by atoms with Crippen molar-refractivity contribution < 1.29 is 4.92 Å². The van der Waals surface area contributed by atoms with Crippen LogP contribution in [0.3, 0.4) is 0 Å². The lowest BCUT2D eigenvalue weighted by Crippen LogP contribution is -2.32. The van der Waals surface area contributed by atoms with Crippen LogP contribution in [0.25, 0.3) is 0 Å². The van der Waals surface area contributed by atoms with E-state index in [1.54, 1.807) is 23.7 Å². The molecule has 0 spiro atoms. The molecule has 0 saturated heterocycles. The second-order valence-corrected chi connectivity index (χ2v) is 6.74. The van der Waals surface area contributed by atoms with Crippen molar-refractivity contribution in [1.82, 2.24) is 25.5 Å². The van der Waals surface area contributed by atoms with Gasteiger partial charge in [-0.25, -0.2) is 0 Å². The molecular formula is C15H17N7O2S2. The van der Waals surface area contributed by atoms with Crippen LogP contribution in [0.1, 0.15) is 12.5 Å². The number of benzene rings is 1. The van der Waals surface area contributed by atoms with Crippen LogP contribution in [0.4, 0.5) is 5.69 Å². The molecule has 0 amide bonds. The number of nitro groups is 1. The zero-order valence-electron chi connectivity index (χ0n) is 14.2. The van der Waals surface area contributed by atoms with Crippen molar-refractivity contribution in [1.29, 1.82) is 0 Å². The SMILES string of the molecule is C=C(C)CNC(=S)N/N=C/c1ccc(Sc2nncn2C)c([N+](=O)[O-])c1. The first-order valence-corrected chi connectivity index (χ1v) is 8.61. The van der Waals surface area contributed by atoms with Gasteiger partial charge in [0.05, 0.1) is 16.0 Å². The molecule has 26 heavy (non-hydrogen) atoms. The van der Waals surface area contributed by atoms with Crippen LogP contribution in [0.15, 0.2) is 51.8 Å². The first-order valence-electron chi connectivity index (χ1n) is 7.38. The Labute approximate surface area is 159 Å². The lowest BCUT2D eigenvalue weighted by atomic mass is 10.2. The zero-order chi connectivity index (χ0) is 19.1. The first kappa shape index (κ1) is 19.5. The van der Waals surface area contributed by atoms with Crippen LogP contribution in [0.2, 0.25) is 0 Å². The summed E-state index contributed by atoms with van der Waals surface area (Å²) in [5.74, 6) is 0. The van der Waals surface area contributed by atoms with E-state index in [-0.39, 0.29) is 5.69 Å². The third-order valence-corrected chi connectivity index (χ3v) is 4.33. The van der Waals surface area contributed by atoms with E-state index in [9.17, 15) is 10.1 Å². The molecule has 11 heteroatoms. The highest BCUT2D eigenvalue weighted by Gasteiger charge is 2.17. The van der Waals surface area contributed by atoms with E-state index in [2.05, 4.69) is 32.6 Å². The number of nitrogens with one attached hydrogen (secondary N) is 2. The largest absolute Gasteiger partial charge is 0.358 e. The van der Waals surface area contributed by atoms with Crippen LogP contribution in [-0.4, -0.2) is 37.6 Å². The summed E-state index contributed by atoms with van der Waals surface area (Å²) in [5, 5.41) is 26.8. The summed E-state index contributed by atoms with van der Waals surface area (Å²) in [6, 6.07) is 4.81. The highest BCUT2D eigenvalue weighted by molar-refractivity contribution is 7.99. The van der Waals surface area contributed by atoms with Gasteiger partial charge in [0.25, 0.3) is 5.69 Å². The average molecular weight is 391 g/mol. The average Bonchev–Trinajstić information content (AvgIpc) is 2.99. The van der Waals surface area contributed by atoms with Crippen LogP contribution >= 0.6 is 24.0 Å². The number of nitrogens with zero attached hydrogens (tertiary/aromatic N) is 5. The monoisotopic (exact) mass is 391 g/mol. The van der Waals surface area contributed by atoms with E-state index in [0.717, 1.165) is 5.57 Å². The molecule has 1 heterocycles. The summed E-state index contributed by atoms with van der Waals surface area (Å²) in [4.78, 5) is 11.4. The van der Waals surface area contributed by atoms with Crippen LogP contribution < -0.4 is 10.7 Å². The van der Waals surface area contributed by atoms with E-state index in [1.165, 1.54) is 30.4 Å². The standard InChI is InChI=1S/C15H17N7O2S2/c1-10(2)7-16-14(25)19-17-8-11-4-5-13(12(6-11)22(23)24)26-15-20-18-9-21(15)3/h4-6,8-9H,1,7H2,2-3H3,(H2,16,19,25)/b17-8+. The van der Waals surface area contributed by atoms with Gasteiger partial charge in [0.1, 0.15) is 6.33 Å². The molecule has 136 valence electrons. The van der Waals surface area contributed by atoms with Gasteiger partial charge >= 0.3 is 0 Å². The summed E-state index contributed by atoms with van der Waals surface area (Å²) in [6.45, 7) is 6.17. The third kappa shape index (κ3) is 5.63. The molecule has 9 nitrogen and oxygen atoms in total. The number of thiocarbonyl (C=S) groups is 1. The van der Waals surface area contributed by atoms with Crippen molar-refractivity contribution in [2.45, 2.75) is 17.0 Å². The fraction of sp³-hybridized carbons (Fsp3) is 0.200. The molecule has 0 aliphatic carbocycles. The number of hydrazone groups is 1. The fourth-order valence-electron chi connectivity index (χ4n) is 1.74. The number of aryl methyl sites for hydroxylation is 1. The normalized spacial score (nSPS) is 10.7. The Morgan fingerprint density at radius 3 is 2.96 bits per heavy atom. The van der Waals surface area contributed by atoms with Crippen molar-refractivity contribution in [2.24, 2.45) is 12.1 Å². The number of nitro benzene ring substituents is 1. The van der Waals surface area contributed by atoms with Gasteiger partial charge in [-0.1, -0.05) is 18.2 Å². The molecule has 0 fully saturated rings. The Morgan fingerprint density at radius 1 is 1.58 bits per heavy atom. The maximum atomic E-state index is 11.4. The van der Waals surface area contributed by atoms with Crippen LogP contribution in [0.5, 0.6) is 0 Å². The number of aromatic nitrogens is 3. The number of hydrogen-bond donors (Lipinski definition) is 2. The van der Waals surface area contributed by atoms with Gasteiger partial charge in [0.15, 0.2) is 10.3 Å². The Kier molecular flexibility index (Phi) is 6.81. The highest BCUT2D eigenvalue weighted by Crippen LogP contribution is 2.33. The Morgan fingerprint density at radius 2 is 2.35 bits per heavy atom. The molecule has 0 aliphatic heterocycles. The molecule has 2 rings (SSSR count). The van der Waals surface area contributed by atoms with Gasteiger partial charge in [-0.15, -0.1) is 10.2 Å². The molecule has 0 saturated carbocycles. The van der Waals surface area contributed by atoms with Crippen LogP contribution in [0, 0.1) is 10.1 Å². The third-order valence-electron chi connectivity index (χ3n) is 2.98. The number of rotatable bonds is 7. The van der Waals surface area contributed by atoms with Gasteiger partial charge in [-0.3, -0.25) is 15.5 Å². The summed E-state index contributed by atoms with van der Waals surface area (Å²) in [6.07, 6.45) is 2.99. The predicted octanol–water partition coefficient (Wildman–Crippen LogP) is 2.25. The maximum absolute atomic E-state index is 11.4. The van der Waals surface area contributed by atoms with Gasteiger partial charge in [0, 0.05) is 25.2 Å². The molecular weight excluding hydrogens is 374 g/mol. The first-order chi connectivity index (χ1) is 12.4. The van der Waals surface area contributed by atoms with E-state index in [0.29, 0.717) is 27.3 Å². The Balaban J connectivity index is 2.09. The van der Waals surface area contributed by atoms with Crippen molar-refractivity contribution >= 4 is 41.0 Å². The Hall–Kier alpha value is -2.79. The summed E-state index contributed by atoms with van der Waals surface area (Å²) in [7, 11) is 1.77. The summed E-state index contributed by atoms with van der Waals surface area (Å²) >= 11 is 6.22. The molecule has 1 aromatic heterocycles. The molecule has 2 aromatic rings. The minimum absolute atomic E-state index is 0.0371. The van der Waals surface area contributed by atoms with Crippen molar-refractivity contribution in [3.05, 3.63) is 52.4 Å². The molecule has 0 atom stereocenters. The second kappa shape index (κ2) is 9.06. The molecule has 1 aromatic carbocycles. The van der Waals surface area contributed by atoms with Crippen LogP contribution in [-0.2, 0) is 7.05 Å². The van der Waals surface area contributed by atoms with Gasteiger partial charge < -0.3 is 9.88 Å². The van der Waals surface area contributed by atoms with Gasteiger partial charge in [-0.2, -0.15) is 5.10 Å².